The van der Waals surface area contributed by atoms with Crippen LogP contribution in [0.3, 0.4) is 0 Å². The average Bonchev–Trinajstić information content (AvgIpc) is 3.56. The van der Waals surface area contributed by atoms with Gasteiger partial charge in [-0.15, -0.1) is 10.2 Å². The first-order valence-corrected chi connectivity index (χ1v) is 11.1. The maximum Gasteiger partial charge on any atom is 0.346 e. The number of hydrogen-bond acceptors (Lipinski definition) is 7. The molecule has 4 aromatic rings. The molecule has 9 heteroatoms. The van der Waals surface area contributed by atoms with Crippen molar-refractivity contribution >= 4 is 23.7 Å². The van der Waals surface area contributed by atoms with E-state index >= 15 is 0 Å². The van der Waals surface area contributed by atoms with E-state index in [0.29, 0.717) is 29.4 Å². The fourth-order valence-corrected chi connectivity index (χ4v) is 4.43. The molecule has 35 heavy (non-hydrogen) atoms. The van der Waals surface area contributed by atoms with Crippen LogP contribution in [0.25, 0.3) is 22.6 Å². The highest BCUT2D eigenvalue weighted by molar-refractivity contribution is 6.15. The van der Waals surface area contributed by atoms with Gasteiger partial charge in [0.05, 0.1) is 17.7 Å². The van der Waals surface area contributed by atoms with Crippen LogP contribution in [0.2, 0.25) is 0 Å². The lowest BCUT2D eigenvalue weighted by Gasteiger charge is -2.16. The zero-order valence-corrected chi connectivity index (χ0v) is 18.9. The molecule has 0 N–H and O–H groups in total. The Morgan fingerprint density at radius 1 is 0.886 bits per heavy atom. The summed E-state index contributed by atoms with van der Waals surface area (Å²) in [5.74, 6) is -0.288. The number of aromatic nitrogens is 4. The number of fused-ring (bicyclic) bond motifs is 2. The van der Waals surface area contributed by atoms with Crippen LogP contribution in [-0.4, -0.2) is 37.6 Å². The molecule has 0 spiro atoms. The van der Waals surface area contributed by atoms with Gasteiger partial charge >= 0.3 is 11.9 Å². The number of rotatable bonds is 4. The Balaban J connectivity index is 1.32. The second-order valence-electron chi connectivity index (χ2n) is 8.74. The zero-order valence-electron chi connectivity index (χ0n) is 18.9. The van der Waals surface area contributed by atoms with E-state index in [1.54, 1.807) is 41.6 Å². The summed E-state index contributed by atoms with van der Waals surface area (Å²) in [6, 6.07) is 16.2. The third kappa shape index (κ3) is 3.31. The Morgan fingerprint density at radius 3 is 2.43 bits per heavy atom. The molecule has 4 heterocycles. The van der Waals surface area contributed by atoms with E-state index in [4.69, 9.17) is 4.98 Å². The molecule has 0 bridgehead atoms. The minimum atomic E-state index is -0.658. The van der Waals surface area contributed by atoms with Crippen molar-refractivity contribution in [1.29, 1.82) is 0 Å². The first-order chi connectivity index (χ1) is 16.9. The molecule has 2 aliphatic heterocycles. The zero-order chi connectivity index (χ0) is 24.3. The number of esters is 2. The van der Waals surface area contributed by atoms with Gasteiger partial charge in [-0.05, 0) is 60.9 Å². The van der Waals surface area contributed by atoms with Crippen molar-refractivity contribution in [2.75, 3.05) is 4.90 Å². The molecule has 1 amide bonds. The van der Waals surface area contributed by atoms with E-state index < -0.39 is 11.9 Å². The molecule has 9 nitrogen and oxygen atoms in total. The number of ether oxygens (including phenoxy) is 1. The van der Waals surface area contributed by atoms with E-state index in [0.717, 1.165) is 16.7 Å². The van der Waals surface area contributed by atoms with Crippen LogP contribution >= 0.6 is 0 Å². The number of pyridine rings is 1. The van der Waals surface area contributed by atoms with Gasteiger partial charge in [-0.2, -0.15) is 0 Å². The summed E-state index contributed by atoms with van der Waals surface area (Å²) in [7, 11) is 0. The Labute approximate surface area is 200 Å². The van der Waals surface area contributed by atoms with Crippen molar-refractivity contribution < 1.29 is 19.1 Å². The van der Waals surface area contributed by atoms with Crippen molar-refractivity contribution in [2.24, 2.45) is 0 Å². The number of hydrogen-bond donors (Lipinski definition) is 0. The summed E-state index contributed by atoms with van der Waals surface area (Å²) < 4.78 is 6.61. The van der Waals surface area contributed by atoms with Gasteiger partial charge in [0, 0.05) is 11.6 Å². The number of carbonyl (C=O) groups excluding carboxylic acids is 3. The van der Waals surface area contributed by atoms with E-state index in [2.05, 4.69) is 14.9 Å². The number of nitrogens with zero attached hydrogens (tertiary/aromatic N) is 5. The van der Waals surface area contributed by atoms with Crippen LogP contribution in [0.1, 0.15) is 56.5 Å². The normalized spacial score (nSPS) is 14.5. The van der Waals surface area contributed by atoms with Crippen molar-refractivity contribution in [3.8, 4) is 22.6 Å². The van der Waals surface area contributed by atoms with Gasteiger partial charge in [-0.25, -0.2) is 14.6 Å². The van der Waals surface area contributed by atoms with Crippen LogP contribution in [0, 0.1) is 0 Å². The highest BCUT2D eigenvalue weighted by atomic mass is 16.6. The molecule has 0 radical (unpaired) electrons. The molecule has 6 rings (SSSR count). The molecule has 172 valence electrons. The molecule has 0 aliphatic carbocycles. The third-order valence-electron chi connectivity index (χ3n) is 6.26. The van der Waals surface area contributed by atoms with Crippen LogP contribution in [0.15, 0.2) is 60.9 Å². The predicted molar refractivity (Wildman–Crippen MR) is 126 cm³/mol. The average molecular weight is 465 g/mol. The molecule has 2 aliphatic rings. The lowest BCUT2D eigenvalue weighted by Crippen LogP contribution is -2.24. The van der Waals surface area contributed by atoms with Gasteiger partial charge in [0.25, 0.3) is 5.91 Å². The maximum atomic E-state index is 13.4. The number of anilines is 1. The quantitative estimate of drug-likeness (QED) is 0.330. The van der Waals surface area contributed by atoms with Crippen molar-refractivity contribution in [3.05, 3.63) is 83.2 Å². The molecule has 0 saturated carbocycles. The lowest BCUT2D eigenvalue weighted by atomic mass is 9.97. The van der Waals surface area contributed by atoms with E-state index in [-0.39, 0.29) is 23.1 Å². The van der Waals surface area contributed by atoms with E-state index in [9.17, 15) is 14.4 Å². The Kier molecular flexibility index (Phi) is 4.60. The highest BCUT2D eigenvalue weighted by Crippen LogP contribution is 2.33. The number of amides is 1. The van der Waals surface area contributed by atoms with E-state index in [1.165, 1.54) is 0 Å². The van der Waals surface area contributed by atoms with Crippen LogP contribution in [-0.2, 0) is 11.3 Å². The van der Waals surface area contributed by atoms with Crippen molar-refractivity contribution in [3.63, 3.8) is 0 Å². The summed E-state index contributed by atoms with van der Waals surface area (Å²) >= 11 is 0. The van der Waals surface area contributed by atoms with Crippen molar-refractivity contribution in [1.82, 2.24) is 19.7 Å². The fraction of sp³-hybridized carbons (Fsp3) is 0.154. The van der Waals surface area contributed by atoms with Gasteiger partial charge in [0.2, 0.25) is 0 Å². The molecule has 2 aromatic carbocycles. The Hall–Kier alpha value is -4.66. The highest BCUT2D eigenvalue weighted by Gasteiger charge is 2.32. The Morgan fingerprint density at radius 2 is 1.63 bits per heavy atom. The second kappa shape index (κ2) is 7.69. The van der Waals surface area contributed by atoms with Crippen LogP contribution in [0.4, 0.5) is 5.82 Å². The second-order valence-corrected chi connectivity index (χ2v) is 8.74. The van der Waals surface area contributed by atoms with Crippen LogP contribution in [0.5, 0.6) is 0 Å². The van der Waals surface area contributed by atoms with Gasteiger partial charge in [0.1, 0.15) is 17.8 Å². The summed E-state index contributed by atoms with van der Waals surface area (Å²) in [4.78, 5) is 43.4. The Bertz CT molecular complexity index is 1560. The SMILES string of the molecule is CC(C)n1cnnc1-c1cccc(N2Cc3ccc(-c4ccc5c(c4)C(=O)OC5=O)cc3C2=O)n1. The molecule has 0 atom stereocenters. The first kappa shape index (κ1) is 20.9. The number of carbonyl (C=O) groups is 3. The minimum absolute atomic E-state index is 0.160. The van der Waals surface area contributed by atoms with E-state index in [1.807, 2.05) is 42.7 Å². The molecule has 0 unspecified atom stereocenters. The predicted octanol–water partition coefficient (Wildman–Crippen LogP) is 4.06. The third-order valence-corrected chi connectivity index (χ3v) is 6.26. The molecule has 0 fully saturated rings. The summed E-state index contributed by atoms with van der Waals surface area (Å²) in [5.41, 5.74) is 4.06. The van der Waals surface area contributed by atoms with Crippen molar-refractivity contribution in [2.45, 2.75) is 26.4 Å². The lowest BCUT2D eigenvalue weighted by molar-refractivity contribution is 0.0443. The fourth-order valence-electron chi connectivity index (χ4n) is 4.43. The summed E-state index contributed by atoms with van der Waals surface area (Å²) in [5, 5.41) is 8.22. The van der Waals surface area contributed by atoms with Gasteiger partial charge in [-0.3, -0.25) is 9.69 Å². The monoisotopic (exact) mass is 465 g/mol. The summed E-state index contributed by atoms with van der Waals surface area (Å²) in [6.45, 7) is 4.47. The van der Waals surface area contributed by atoms with Gasteiger partial charge in [-0.1, -0.05) is 24.3 Å². The molecular formula is C26H19N5O4. The summed E-state index contributed by atoms with van der Waals surface area (Å²) in [6.07, 6.45) is 1.67. The van der Waals surface area contributed by atoms with Crippen LogP contribution < -0.4 is 4.90 Å². The molecular weight excluding hydrogens is 446 g/mol. The molecule has 0 saturated heterocycles. The maximum absolute atomic E-state index is 13.4. The number of benzene rings is 2. The minimum Gasteiger partial charge on any atom is -0.386 e. The topological polar surface area (TPSA) is 107 Å². The van der Waals surface area contributed by atoms with Gasteiger partial charge in [0.15, 0.2) is 5.82 Å². The number of cyclic esters (lactones) is 2. The first-order valence-electron chi connectivity index (χ1n) is 11.1. The molecule has 2 aromatic heterocycles. The van der Waals surface area contributed by atoms with Gasteiger partial charge < -0.3 is 9.30 Å². The largest absolute Gasteiger partial charge is 0.386 e. The smallest absolute Gasteiger partial charge is 0.346 e. The standard InChI is InChI=1S/C26H19N5O4/c1-14(2)31-13-27-29-23(31)21-4-3-5-22(28-21)30-12-17-7-6-15(10-19(17)24(30)32)16-8-9-18-20(11-16)26(34)35-25(18)33/h3-11,13-14H,12H2,1-2H3.